The van der Waals surface area contributed by atoms with E-state index >= 15 is 0 Å². The monoisotopic (exact) mass is 427 g/mol. The van der Waals surface area contributed by atoms with Crippen LogP contribution in [-0.2, 0) is 22.7 Å². The van der Waals surface area contributed by atoms with Gasteiger partial charge in [-0.15, -0.1) is 0 Å². The fourth-order valence-electron chi connectivity index (χ4n) is 3.03. The van der Waals surface area contributed by atoms with Gasteiger partial charge < -0.3 is 15.4 Å². The molecule has 1 aliphatic rings. The van der Waals surface area contributed by atoms with Crippen LogP contribution in [0.5, 0.6) is 5.75 Å². The minimum atomic E-state index is -0.174. The number of aromatic nitrogens is 1. The molecule has 0 bridgehead atoms. The van der Waals surface area contributed by atoms with Crippen molar-refractivity contribution in [1.82, 2.24) is 10.3 Å². The van der Waals surface area contributed by atoms with Gasteiger partial charge in [-0.1, -0.05) is 30.3 Å². The number of carbonyl (C=O) groups excluding carboxylic acids is 2. The van der Waals surface area contributed by atoms with Crippen LogP contribution in [0.1, 0.15) is 29.7 Å². The molecule has 0 aliphatic heterocycles. The summed E-state index contributed by atoms with van der Waals surface area (Å²) in [4.78, 5) is 28.1. The van der Waals surface area contributed by atoms with Gasteiger partial charge in [0, 0.05) is 30.4 Å². The minimum Gasteiger partial charge on any atom is -0.487 e. The lowest BCUT2D eigenvalue weighted by molar-refractivity contribution is -0.117. The summed E-state index contributed by atoms with van der Waals surface area (Å²) in [6.07, 6.45) is 6.96. The fraction of sp³-hybridized carbons (Fsp3) is 0.192. The predicted octanol–water partition coefficient (Wildman–Crippen LogP) is 4.34. The van der Waals surface area contributed by atoms with Crippen molar-refractivity contribution in [3.63, 3.8) is 0 Å². The second-order valence-corrected chi connectivity index (χ2v) is 7.69. The van der Waals surface area contributed by atoms with Crippen LogP contribution in [0.4, 0.5) is 5.69 Å². The Bertz CT molecular complexity index is 1070. The predicted molar refractivity (Wildman–Crippen MR) is 124 cm³/mol. The molecule has 1 aromatic heterocycles. The average molecular weight is 428 g/mol. The Labute approximate surface area is 187 Å². The zero-order valence-corrected chi connectivity index (χ0v) is 17.7. The highest BCUT2D eigenvalue weighted by molar-refractivity contribution is 5.94. The van der Waals surface area contributed by atoms with Crippen LogP contribution in [0.3, 0.4) is 0 Å². The molecule has 4 rings (SSSR count). The maximum Gasteiger partial charge on any atom is 0.244 e. The van der Waals surface area contributed by atoms with E-state index in [1.54, 1.807) is 12.3 Å². The van der Waals surface area contributed by atoms with Crippen LogP contribution < -0.4 is 15.4 Å². The molecule has 2 amide bonds. The first kappa shape index (κ1) is 21.3. The van der Waals surface area contributed by atoms with E-state index in [4.69, 9.17) is 4.74 Å². The SMILES string of the molecule is O=C(/C=C/c1ccc(OCc2ccccn2)cc1)NCc1ccc(NC(=O)C2CC2)cc1. The first-order valence-electron chi connectivity index (χ1n) is 10.6. The van der Waals surface area contributed by atoms with Gasteiger partial charge in [0.05, 0.1) is 5.69 Å². The summed E-state index contributed by atoms with van der Waals surface area (Å²) in [5.41, 5.74) is 3.52. The minimum absolute atomic E-state index is 0.0870. The lowest BCUT2D eigenvalue weighted by atomic mass is 10.2. The third-order valence-electron chi connectivity index (χ3n) is 5.06. The number of hydrogen-bond acceptors (Lipinski definition) is 4. The highest BCUT2D eigenvalue weighted by Gasteiger charge is 2.29. The highest BCUT2D eigenvalue weighted by atomic mass is 16.5. The van der Waals surface area contributed by atoms with Crippen LogP contribution >= 0.6 is 0 Å². The summed E-state index contributed by atoms with van der Waals surface area (Å²) in [7, 11) is 0. The number of nitrogens with one attached hydrogen (secondary N) is 2. The lowest BCUT2D eigenvalue weighted by Gasteiger charge is -2.07. The number of rotatable bonds is 9. The molecular formula is C26H25N3O3. The molecule has 2 aromatic carbocycles. The molecule has 162 valence electrons. The molecule has 0 spiro atoms. The number of amides is 2. The van der Waals surface area contributed by atoms with Crippen molar-refractivity contribution in [2.75, 3.05) is 5.32 Å². The third-order valence-corrected chi connectivity index (χ3v) is 5.06. The van der Waals surface area contributed by atoms with Crippen molar-refractivity contribution in [3.05, 3.63) is 95.8 Å². The van der Waals surface area contributed by atoms with E-state index in [1.807, 2.05) is 66.7 Å². The van der Waals surface area contributed by atoms with Gasteiger partial charge in [0.2, 0.25) is 11.8 Å². The lowest BCUT2D eigenvalue weighted by Crippen LogP contribution is -2.20. The topological polar surface area (TPSA) is 80.3 Å². The second-order valence-electron chi connectivity index (χ2n) is 7.69. The molecule has 0 atom stereocenters. The molecule has 0 radical (unpaired) electrons. The van der Waals surface area contributed by atoms with E-state index in [-0.39, 0.29) is 17.7 Å². The summed E-state index contributed by atoms with van der Waals surface area (Å²) in [5.74, 6) is 0.834. The normalized spacial score (nSPS) is 13.0. The molecule has 3 aromatic rings. The zero-order valence-electron chi connectivity index (χ0n) is 17.7. The van der Waals surface area contributed by atoms with Crippen molar-refractivity contribution in [1.29, 1.82) is 0 Å². The van der Waals surface area contributed by atoms with E-state index in [1.165, 1.54) is 6.08 Å². The van der Waals surface area contributed by atoms with Crippen LogP contribution in [0.15, 0.2) is 79.0 Å². The number of pyridine rings is 1. The van der Waals surface area contributed by atoms with Crippen LogP contribution in [0.2, 0.25) is 0 Å². The van der Waals surface area contributed by atoms with Crippen molar-refractivity contribution >= 4 is 23.6 Å². The number of carbonyl (C=O) groups is 2. The van der Waals surface area contributed by atoms with Gasteiger partial charge >= 0.3 is 0 Å². The average Bonchev–Trinajstić information content (AvgIpc) is 3.68. The van der Waals surface area contributed by atoms with Crippen molar-refractivity contribution in [2.45, 2.75) is 26.0 Å². The first-order chi connectivity index (χ1) is 15.7. The van der Waals surface area contributed by atoms with Crippen LogP contribution in [0.25, 0.3) is 6.08 Å². The Morgan fingerprint density at radius 2 is 1.78 bits per heavy atom. The van der Waals surface area contributed by atoms with Crippen molar-refractivity contribution in [2.24, 2.45) is 5.92 Å². The Morgan fingerprint density at radius 1 is 1.00 bits per heavy atom. The van der Waals surface area contributed by atoms with E-state index < -0.39 is 0 Å². The van der Waals surface area contributed by atoms with Gasteiger partial charge in [0.25, 0.3) is 0 Å². The smallest absolute Gasteiger partial charge is 0.244 e. The molecule has 0 saturated heterocycles. The molecule has 1 fully saturated rings. The molecule has 2 N–H and O–H groups in total. The maximum atomic E-state index is 12.1. The summed E-state index contributed by atoms with van der Waals surface area (Å²) < 4.78 is 5.72. The highest BCUT2D eigenvalue weighted by Crippen LogP contribution is 2.30. The zero-order chi connectivity index (χ0) is 22.2. The van der Waals surface area contributed by atoms with Crippen molar-refractivity contribution in [3.8, 4) is 5.75 Å². The van der Waals surface area contributed by atoms with Crippen LogP contribution in [-0.4, -0.2) is 16.8 Å². The summed E-state index contributed by atoms with van der Waals surface area (Å²) in [6.45, 7) is 0.826. The number of anilines is 1. The number of nitrogens with zero attached hydrogens (tertiary/aromatic N) is 1. The largest absolute Gasteiger partial charge is 0.487 e. The van der Waals surface area contributed by atoms with E-state index in [0.717, 1.165) is 41.1 Å². The molecule has 1 heterocycles. The molecular weight excluding hydrogens is 402 g/mol. The van der Waals surface area contributed by atoms with E-state index in [9.17, 15) is 9.59 Å². The van der Waals surface area contributed by atoms with Gasteiger partial charge in [-0.2, -0.15) is 0 Å². The maximum absolute atomic E-state index is 12.1. The van der Waals surface area contributed by atoms with Crippen LogP contribution in [0, 0.1) is 5.92 Å². The number of ether oxygens (including phenoxy) is 1. The Kier molecular flexibility index (Phi) is 6.92. The Hall–Kier alpha value is -3.93. The number of benzene rings is 2. The van der Waals surface area contributed by atoms with Gasteiger partial charge in [-0.25, -0.2) is 0 Å². The summed E-state index contributed by atoms with van der Waals surface area (Å²) >= 11 is 0. The molecule has 1 saturated carbocycles. The quantitative estimate of drug-likeness (QED) is 0.498. The fourth-order valence-corrected chi connectivity index (χ4v) is 3.03. The van der Waals surface area contributed by atoms with Gasteiger partial charge in [-0.05, 0) is 66.4 Å². The summed E-state index contributed by atoms with van der Waals surface area (Å²) in [5, 5.41) is 5.77. The molecule has 1 aliphatic carbocycles. The summed E-state index contributed by atoms with van der Waals surface area (Å²) in [6, 6.07) is 20.7. The van der Waals surface area contributed by atoms with E-state index in [0.29, 0.717) is 13.2 Å². The Morgan fingerprint density at radius 3 is 2.47 bits per heavy atom. The molecule has 6 nitrogen and oxygen atoms in total. The third kappa shape index (κ3) is 6.54. The molecule has 6 heteroatoms. The standard InChI is InChI=1S/C26H25N3O3/c30-25(28-17-20-4-11-22(12-5-20)29-26(31)21-9-10-21)15-8-19-6-13-24(14-7-19)32-18-23-3-1-2-16-27-23/h1-8,11-16,21H,9-10,17-18H2,(H,28,30)(H,29,31)/b15-8+. The second kappa shape index (κ2) is 10.4. The van der Waals surface area contributed by atoms with Crippen molar-refractivity contribution < 1.29 is 14.3 Å². The van der Waals surface area contributed by atoms with Gasteiger partial charge in [-0.3, -0.25) is 14.6 Å². The van der Waals surface area contributed by atoms with Gasteiger partial charge in [0.1, 0.15) is 12.4 Å². The first-order valence-corrected chi connectivity index (χ1v) is 10.6. The molecule has 0 unspecified atom stereocenters. The molecule has 32 heavy (non-hydrogen) atoms. The van der Waals surface area contributed by atoms with Gasteiger partial charge in [0.15, 0.2) is 0 Å². The Balaban J connectivity index is 1.20. The number of hydrogen-bond donors (Lipinski definition) is 2. The van der Waals surface area contributed by atoms with E-state index in [2.05, 4.69) is 15.6 Å².